The highest BCUT2D eigenvalue weighted by Gasteiger charge is 2.18. The lowest BCUT2D eigenvalue weighted by Crippen LogP contribution is -2.36. The Balaban J connectivity index is 3.39. The van der Waals surface area contributed by atoms with Crippen LogP contribution < -0.4 is 11.0 Å². The van der Waals surface area contributed by atoms with Crippen LogP contribution in [-0.4, -0.2) is 33.1 Å². The summed E-state index contributed by atoms with van der Waals surface area (Å²) in [6.07, 6.45) is 0.745. The van der Waals surface area contributed by atoms with Crippen LogP contribution in [0.25, 0.3) is 0 Å². The van der Waals surface area contributed by atoms with Crippen LogP contribution in [0.3, 0.4) is 0 Å². The minimum atomic E-state index is -0.982. The van der Waals surface area contributed by atoms with E-state index in [1.54, 1.807) is 6.92 Å². The number of aryl methyl sites for hydroxylation is 1. The Kier molecular flexibility index (Phi) is 6.08. The van der Waals surface area contributed by atoms with Gasteiger partial charge in [0.05, 0.1) is 12.1 Å². The van der Waals surface area contributed by atoms with Crippen molar-refractivity contribution in [2.45, 2.75) is 46.6 Å². The highest BCUT2D eigenvalue weighted by atomic mass is 16.4. The van der Waals surface area contributed by atoms with E-state index in [-0.39, 0.29) is 18.9 Å². The smallest absolute Gasteiger partial charge is 0.348 e. The number of nitrogens with one attached hydrogen (secondary N) is 1. The van der Waals surface area contributed by atoms with Gasteiger partial charge in [-0.1, -0.05) is 13.8 Å². The van der Waals surface area contributed by atoms with Crippen molar-refractivity contribution >= 4 is 11.9 Å². The predicted molar refractivity (Wildman–Crippen MR) is 77.3 cm³/mol. The molecule has 7 heteroatoms. The second-order valence-corrected chi connectivity index (χ2v) is 4.58. The molecule has 0 aliphatic heterocycles. The second kappa shape index (κ2) is 7.56. The first-order valence-corrected chi connectivity index (χ1v) is 7.04. The molecular weight excluding hydrogens is 274 g/mol. The molecule has 0 radical (unpaired) electrons. The molecule has 1 aromatic heterocycles. The molecule has 116 valence electrons. The largest absolute Gasteiger partial charge is 0.481 e. The molecule has 0 bridgehead atoms. The first-order valence-electron chi connectivity index (χ1n) is 7.04. The number of amides is 1. The zero-order valence-electron chi connectivity index (χ0n) is 12.6. The van der Waals surface area contributed by atoms with Gasteiger partial charge in [0, 0.05) is 17.8 Å². The van der Waals surface area contributed by atoms with Crippen LogP contribution in [-0.2, 0) is 35.4 Å². The molecule has 1 amide bonds. The van der Waals surface area contributed by atoms with Crippen LogP contribution >= 0.6 is 0 Å². The molecule has 21 heavy (non-hydrogen) atoms. The van der Waals surface area contributed by atoms with Crippen LogP contribution in [0, 0.1) is 0 Å². The Labute approximate surface area is 123 Å². The standard InChI is InChI=1S/C14H21N3O4/c1-4-10-9(7-13(19)20)11(5-2)17(14(21)16-10)8-12(18)15-6-3/h4-8H2,1-3H3,(H,15,18)(H,19,20). The Bertz CT molecular complexity index is 593. The van der Waals surface area contributed by atoms with Gasteiger partial charge in [0.25, 0.3) is 0 Å². The van der Waals surface area contributed by atoms with Crippen molar-refractivity contribution in [1.82, 2.24) is 14.9 Å². The van der Waals surface area contributed by atoms with Crippen molar-refractivity contribution in [2.75, 3.05) is 6.54 Å². The molecule has 0 atom stereocenters. The molecule has 2 N–H and O–H groups in total. The Morgan fingerprint density at radius 1 is 1.24 bits per heavy atom. The Morgan fingerprint density at radius 2 is 1.90 bits per heavy atom. The summed E-state index contributed by atoms with van der Waals surface area (Å²) in [7, 11) is 0. The maximum atomic E-state index is 12.1. The molecule has 0 aliphatic rings. The second-order valence-electron chi connectivity index (χ2n) is 4.58. The van der Waals surface area contributed by atoms with E-state index >= 15 is 0 Å². The SMILES string of the molecule is CCNC(=O)Cn1c(CC)c(CC(=O)O)c(CC)nc1=O. The fourth-order valence-corrected chi connectivity index (χ4v) is 2.30. The summed E-state index contributed by atoms with van der Waals surface area (Å²) in [5, 5.41) is 11.7. The van der Waals surface area contributed by atoms with Crippen LogP contribution in [0.2, 0.25) is 0 Å². The number of carboxylic acid groups (broad SMARTS) is 1. The van der Waals surface area contributed by atoms with Crippen molar-refractivity contribution in [1.29, 1.82) is 0 Å². The van der Waals surface area contributed by atoms with Gasteiger partial charge >= 0.3 is 11.7 Å². The Morgan fingerprint density at radius 3 is 2.38 bits per heavy atom. The molecule has 1 aromatic rings. The third-order valence-electron chi connectivity index (χ3n) is 3.16. The molecule has 0 saturated heterocycles. The number of hydrogen-bond acceptors (Lipinski definition) is 4. The number of carbonyl (C=O) groups is 2. The third kappa shape index (κ3) is 4.14. The zero-order chi connectivity index (χ0) is 16.0. The van der Waals surface area contributed by atoms with Crippen molar-refractivity contribution in [3.63, 3.8) is 0 Å². The van der Waals surface area contributed by atoms with Gasteiger partial charge in [-0.25, -0.2) is 4.79 Å². The van der Waals surface area contributed by atoms with E-state index in [9.17, 15) is 14.4 Å². The third-order valence-corrected chi connectivity index (χ3v) is 3.16. The maximum absolute atomic E-state index is 12.1. The van der Waals surface area contributed by atoms with Crippen molar-refractivity contribution < 1.29 is 14.7 Å². The van der Waals surface area contributed by atoms with Crippen molar-refractivity contribution in [3.05, 3.63) is 27.4 Å². The fraction of sp³-hybridized carbons (Fsp3) is 0.571. The summed E-state index contributed by atoms with van der Waals surface area (Å²) in [4.78, 5) is 38.7. The van der Waals surface area contributed by atoms with Gasteiger partial charge in [-0.2, -0.15) is 4.98 Å². The number of carbonyl (C=O) groups excluding carboxylic acids is 1. The highest BCUT2D eigenvalue weighted by molar-refractivity contribution is 5.76. The lowest BCUT2D eigenvalue weighted by molar-refractivity contribution is -0.136. The normalized spacial score (nSPS) is 10.4. The molecule has 0 aromatic carbocycles. The average Bonchev–Trinajstić information content (AvgIpc) is 2.42. The van der Waals surface area contributed by atoms with Gasteiger partial charge in [0.2, 0.25) is 5.91 Å². The molecule has 0 aliphatic carbocycles. The lowest BCUT2D eigenvalue weighted by atomic mass is 10.0. The first kappa shape index (κ1) is 16.9. The summed E-state index contributed by atoms with van der Waals surface area (Å²) in [6, 6.07) is 0. The Hall–Kier alpha value is -2.18. The summed E-state index contributed by atoms with van der Waals surface area (Å²) >= 11 is 0. The highest BCUT2D eigenvalue weighted by Crippen LogP contribution is 2.14. The number of aliphatic carboxylic acids is 1. The summed E-state index contributed by atoms with van der Waals surface area (Å²) in [6.45, 7) is 5.77. The molecule has 1 heterocycles. The number of aromatic nitrogens is 2. The van der Waals surface area contributed by atoms with Gasteiger partial charge in [-0.05, 0) is 19.8 Å². The van der Waals surface area contributed by atoms with Crippen LogP contribution in [0.15, 0.2) is 4.79 Å². The lowest BCUT2D eigenvalue weighted by Gasteiger charge is -2.17. The molecule has 0 spiro atoms. The van der Waals surface area contributed by atoms with E-state index < -0.39 is 11.7 Å². The van der Waals surface area contributed by atoms with E-state index in [0.717, 1.165) is 0 Å². The number of hydrogen-bond donors (Lipinski definition) is 2. The maximum Gasteiger partial charge on any atom is 0.348 e. The summed E-state index contributed by atoms with van der Waals surface area (Å²) < 4.78 is 1.27. The molecule has 1 rings (SSSR count). The predicted octanol–water partition coefficient (Wildman–Crippen LogP) is 0.131. The van der Waals surface area contributed by atoms with Gasteiger partial charge in [0.1, 0.15) is 6.54 Å². The molecular formula is C14H21N3O4. The van der Waals surface area contributed by atoms with E-state index in [0.29, 0.717) is 36.3 Å². The average molecular weight is 295 g/mol. The topological polar surface area (TPSA) is 101 Å². The van der Waals surface area contributed by atoms with E-state index in [1.165, 1.54) is 4.57 Å². The van der Waals surface area contributed by atoms with Crippen molar-refractivity contribution in [3.8, 4) is 0 Å². The number of nitrogens with zero attached hydrogens (tertiary/aromatic N) is 2. The summed E-state index contributed by atoms with van der Waals surface area (Å²) in [5.41, 5.74) is 1.09. The minimum Gasteiger partial charge on any atom is -0.481 e. The van der Waals surface area contributed by atoms with Gasteiger partial charge in [-0.3, -0.25) is 14.2 Å². The number of carboxylic acids is 1. The monoisotopic (exact) mass is 295 g/mol. The van der Waals surface area contributed by atoms with E-state index in [1.807, 2.05) is 13.8 Å². The fourth-order valence-electron chi connectivity index (χ4n) is 2.30. The quantitative estimate of drug-likeness (QED) is 0.744. The summed E-state index contributed by atoms with van der Waals surface area (Å²) in [5.74, 6) is -1.27. The van der Waals surface area contributed by atoms with Crippen LogP contribution in [0.1, 0.15) is 37.7 Å². The first-order chi connectivity index (χ1) is 9.94. The van der Waals surface area contributed by atoms with E-state index in [4.69, 9.17) is 5.11 Å². The van der Waals surface area contributed by atoms with Gasteiger partial charge < -0.3 is 10.4 Å². The molecule has 7 nitrogen and oxygen atoms in total. The number of likely N-dealkylation sites (N-methyl/N-ethyl adjacent to an activating group) is 1. The van der Waals surface area contributed by atoms with E-state index in [2.05, 4.69) is 10.3 Å². The zero-order valence-corrected chi connectivity index (χ0v) is 12.6. The number of rotatable bonds is 7. The molecule has 0 unspecified atom stereocenters. The molecule has 0 fully saturated rings. The van der Waals surface area contributed by atoms with Crippen LogP contribution in [0.4, 0.5) is 0 Å². The molecule has 0 saturated carbocycles. The minimum absolute atomic E-state index is 0.139. The van der Waals surface area contributed by atoms with Gasteiger partial charge in [0.15, 0.2) is 0 Å². The van der Waals surface area contributed by atoms with Crippen molar-refractivity contribution in [2.24, 2.45) is 0 Å². The van der Waals surface area contributed by atoms with Gasteiger partial charge in [-0.15, -0.1) is 0 Å². The van der Waals surface area contributed by atoms with Crippen LogP contribution in [0.5, 0.6) is 0 Å².